The monoisotopic (exact) mass is 433 g/mol. The fraction of sp³-hybridized carbons (Fsp3) is 0.381. The maximum atomic E-state index is 12.8. The Hall–Kier alpha value is -2.78. The lowest BCUT2D eigenvalue weighted by Crippen LogP contribution is -2.45. The van der Waals surface area contributed by atoms with E-state index >= 15 is 0 Å². The predicted octanol–water partition coefficient (Wildman–Crippen LogP) is 2.33. The first-order chi connectivity index (χ1) is 14.3. The van der Waals surface area contributed by atoms with Gasteiger partial charge in [0.1, 0.15) is 11.8 Å². The number of ether oxygens (including phenoxy) is 2. The first-order valence-corrected chi connectivity index (χ1v) is 11.5. The molecule has 1 heterocycles. The molecule has 1 fully saturated rings. The van der Waals surface area contributed by atoms with Crippen LogP contribution in [0.1, 0.15) is 6.92 Å². The number of nitrogens with zero attached hydrogens (tertiary/aromatic N) is 2. The van der Waals surface area contributed by atoms with Crippen LogP contribution in [0.25, 0.3) is 0 Å². The summed E-state index contributed by atoms with van der Waals surface area (Å²) in [5, 5.41) is 2.80. The molecule has 2 aromatic rings. The van der Waals surface area contributed by atoms with E-state index in [9.17, 15) is 13.2 Å². The lowest BCUT2D eigenvalue weighted by atomic mass is 10.2. The van der Waals surface area contributed by atoms with Gasteiger partial charge in [0.25, 0.3) is 0 Å². The number of hydrogen-bond acceptors (Lipinski definition) is 6. The second-order valence-corrected chi connectivity index (χ2v) is 8.93. The number of hydrogen-bond donors (Lipinski definition) is 1. The van der Waals surface area contributed by atoms with Crippen molar-refractivity contribution in [2.75, 3.05) is 54.2 Å². The van der Waals surface area contributed by atoms with Gasteiger partial charge in [-0.25, -0.2) is 8.42 Å². The Morgan fingerprint density at radius 3 is 2.43 bits per heavy atom. The van der Waals surface area contributed by atoms with Crippen LogP contribution in [0.15, 0.2) is 48.5 Å². The summed E-state index contributed by atoms with van der Waals surface area (Å²) >= 11 is 0. The summed E-state index contributed by atoms with van der Waals surface area (Å²) in [5.41, 5.74) is 2.02. The van der Waals surface area contributed by atoms with Crippen LogP contribution in [0.4, 0.5) is 17.1 Å². The van der Waals surface area contributed by atoms with Crippen LogP contribution in [0.3, 0.4) is 0 Å². The molecule has 8 nitrogen and oxygen atoms in total. The molecule has 0 radical (unpaired) electrons. The zero-order valence-corrected chi connectivity index (χ0v) is 18.2. The first-order valence-electron chi connectivity index (χ1n) is 9.66. The highest BCUT2D eigenvalue weighted by molar-refractivity contribution is 7.92. The SMILES string of the molecule is COc1cccc(N(C(C)C(=O)Nc2ccc(N3CCOCC3)cc2)S(C)(=O)=O)c1. The molecular weight excluding hydrogens is 406 g/mol. The van der Waals surface area contributed by atoms with E-state index in [4.69, 9.17) is 9.47 Å². The Kier molecular flexibility index (Phi) is 6.84. The van der Waals surface area contributed by atoms with Crippen molar-refractivity contribution in [3.05, 3.63) is 48.5 Å². The summed E-state index contributed by atoms with van der Waals surface area (Å²) in [7, 11) is -2.20. The minimum Gasteiger partial charge on any atom is -0.497 e. The molecule has 1 amide bonds. The van der Waals surface area contributed by atoms with E-state index in [0.29, 0.717) is 30.3 Å². The van der Waals surface area contributed by atoms with E-state index in [-0.39, 0.29) is 0 Å². The third kappa shape index (κ3) is 5.22. The molecule has 1 atom stereocenters. The molecule has 1 aliphatic rings. The van der Waals surface area contributed by atoms with Crippen LogP contribution in [0, 0.1) is 0 Å². The highest BCUT2D eigenvalue weighted by atomic mass is 32.2. The van der Waals surface area contributed by atoms with E-state index in [1.807, 2.05) is 24.3 Å². The van der Waals surface area contributed by atoms with E-state index in [1.165, 1.54) is 7.11 Å². The van der Waals surface area contributed by atoms with Crippen LogP contribution >= 0.6 is 0 Å². The van der Waals surface area contributed by atoms with E-state index in [1.54, 1.807) is 31.2 Å². The molecule has 2 aromatic carbocycles. The molecule has 0 aliphatic carbocycles. The third-order valence-electron chi connectivity index (χ3n) is 4.91. The third-order valence-corrected chi connectivity index (χ3v) is 6.15. The van der Waals surface area contributed by atoms with Crippen molar-refractivity contribution in [1.29, 1.82) is 0 Å². The number of methoxy groups -OCH3 is 1. The zero-order valence-electron chi connectivity index (χ0n) is 17.4. The maximum absolute atomic E-state index is 12.8. The number of nitrogens with one attached hydrogen (secondary N) is 1. The van der Waals surface area contributed by atoms with Gasteiger partial charge in [-0.3, -0.25) is 9.10 Å². The number of benzene rings is 2. The van der Waals surface area contributed by atoms with Crippen LogP contribution in [0.2, 0.25) is 0 Å². The normalized spacial score (nSPS) is 15.4. The van der Waals surface area contributed by atoms with Gasteiger partial charge in [-0.2, -0.15) is 0 Å². The van der Waals surface area contributed by atoms with Crippen molar-refractivity contribution in [3.8, 4) is 5.75 Å². The fourth-order valence-corrected chi connectivity index (χ4v) is 4.55. The second-order valence-electron chi connectivity index (χ2n) is 7.07. The summed E-state index contributed by atoms with van der Waals surface area (Å²) in [4.78, 5) is 15.1. The number of amides is 1. The highest BCUT2D eigenvalue weighted by Crippen LogP contribution is 2.26. The lowest BCUT2D eigenvalue weighted by Gasteiger charge is -2.29. The van der Waals surface area contributed by atoms with Crippen molar-refractivity contribution in [3.63, 3.8) is 0 Å². The number of carbonyl (C=O) groups is 1. The van der Waals surface area contributed by atoms with Crippen molar-refractivity contribution in [2.45, 2.75) is 13.0 Å². The summed E-state index contributed by atoms with van der Waals surface area (Å²) in [6.07, 6.45) is 1.08. The molecule has 0 aromatic heterocycles. The largest absolute Gasteiger partial charge is 0.497 e. The van der Waals surface area contributed by atoms with Crippen LogP contribution in [-0.4, -0.2) is 60.0 Å². The molecule has 0 saturated carbocycles. The van der Waals surface area contributed by atoms with Crippen molar-refractivity contribution < 1.29 is 22.7 Å². The van der Waals surface area contributed by atoms with Crippen molar-refractivity contribution >= 4 is 33.0 Å². The van der Waals surface area contributed by atoms with Gasteiger partial charge >= 0.3 is 0 Å². The molecule has 0 bridgehead atoms. The number of carbonyl (C=O) groups excluding carboxylic acids is 1. The number of sulfonamides is 1. The van der Waals surface area contributed by atoms with Gasteiger partial charge in [0.2, 0.25) is 15.9 Å². The van der Waals surface area contributed by atoms with Gasteiger partial charge in [0.15, 0.2) is 0 Å². The molecule has 9 heteroatoms. The van der Waals surface area contributed by atoms with Gasteiger partial charge in [0.05, 0.1) is 32.3 Å². The van der Waals surface area contributed by atoms with Crippen molar-refractivity contribution in [1.82, 2.24) is 0 Å². The predicted molar refractivity (Wildman–Crippen MR) is 118 cm³/mol. The highest BCUT2D eigenvalue weighted by Gasteiger charge is 2.29. The zero-order chi connectivity index (χ0) is 21.7. The van der Waals surface area contributed by atoms with Gasteiger partial charge in [-0.1, -0.05) is 6.07 Å². The standard InChI is InChI=1S/C21H27N3O5S/c1-16(24(30(3,26)27)19-5-4-6-20(15-19)28-2)21(25)22-17-7-9-18(10-8-17)23-11-13-29-14-12-23/h4-10,15-16H,11-14H2,1-3H3,(H,22,25). The van der Waals surface area contributed by atoms with E-state index in [2.05, 4.69) is 10.2 Å². The Balaban J connectivity index is 1.75. The Morgan fingerprint density at radius 1 is 1.17 bits per heavy atom. The van der Waals surface area contributed by atoms with Crippen LogP contribution in [0.5, 0.6) is 5.75 Å². The summed E-state index contributed by atoms with van der Waals surface area (Å²) < 4.78 is 36.5. The molecule has 30 heavy (non-hydrogen) atoms. The lowest BCUT2D eigenvalue weighted by molar-refractivity contribution is -0.116. The van der Waals surface area contributed by atoms with Crippen molar-refractivity contribution in [2.24, 2.45) is 0 Å². The van der Waals surface area contributed by atoms with E-state index in [0.717, 1.165) is 29.3 Å². The fourth-order valence-electron chi connectivity index (χ4n) is 3.38. The van der Waals surface area contributed by atoms with Crippen LogP contribution in [-0.2, 0) is 19.6 Å². The minimum absolute atomic E-state index is 0.363. The minimum atomic E-state index is -3.70. The van der Waals surface area contributed by atoms with Crippen LogP contribution < -0.4 is 19.3 Å². The number of morpholine rings is 1. The maximum Gasteiger partial charge on any atom is 0.247 e. The molecule has 3 rings (SSSR count). The quantitative estimate of drug-likeness (QED) is 0.721. The number of anilines is 3. The number of rotatable bonds is 7. The van der Waals surface area contributed by atoms with Gasteiger partial charge < -0.3 is 19.7 Å². The summed E-state index contributed by atoms with van der Waals surface area (Å²) in [5.74, 6) is 0.0785. The second kappa shape index (κ2) is 9.36. The average molecular weight is 434 g/mol. The molecule has 162 valence electrons. The van der Waals surface area contributed by atoms with Gasteiger partial charge in [-0.15, -0.1) is 0 Å². The van der Waals surface area contributed by atoms with Gasteiger partial charge in [0, 0.05) is 30.5 Å². The molecule has 1 aliphatic heterocycles. The Bertz CT molecular complexity index is 972. The molecule has 1 saturated heterocycles. The summed E-state index contributed by atoms with van der Waals surface area (Å²) in [6, 6.07) is 13.1. The van der Waals surface area contributed by atoms with Gasteiger partial charge in [-0.05, 0) is 43.3 Å². The molecule has 1 unspecified atom stereocenters. The Labute approximate surface area is 177 Å². The smallest absolute Gasteiger partial charge is 0.247 e. The molecule has 1 N–H and O–H groups in total. The topological polar surface area (TPSA) is 88.2 Å². The molecule has 0 spiro atoms. The summed E-state index contributed by atoms with van der Waals surface area (Å²) in [6.45, 7) is 4.60. The Morgan fingerprint density at radius 2 is 1.83 bits per heavy atom. The van der Waals surface area contributed by atoms with E-state index < -0.39 is 22.0 Å². The first kappa shape index (κ1) is 21.9. The molecular formula is C21H27N3O5S. The average Bonchev–Trinajstić information content (AvgIpc) is 2.74.